The van der Waals surface area contributed by atoms with Crippen LogP contribution in [0.3, 0.4) is 0 Å². The monoisotopic (exact) mass is 452 g/mol. The lowest BCUT2D eigenvalue weighted by Gasteiger charge is -2.14. The van der Waals surface area contributed by atoms with Crippen molar-refractivity contribution >= 4 is 34.9 Å². The van der Waals surface area contributed by atoms with Crippen molar-refractivity contribution in [3.05, 3.63) is 63.1 Å². The Labute approximate surface area is 188 Å². The molecule has 0 saturated heterocycles. The summed E-state index contributed by atoms with van der Waals surface area (Å²) in [7, 11) is 0. The third kappa shape index (κ3) is 8.15. The Morgan fingerprint density at radius 1 is 1.00 bits per heavy atom. The van der Waals surface area contributed by atoms with Crippen LogP contribution in [0.4, 0.5) is 5.69 Å². The number of aliphatic hydroxyl groups is 1. The molecule has 0 aliphatic rings. The van der Waals surface area contributed by atoms with E-state index in [9.17, 15) is 9.90 Å². The SMILES string of the molecule is Nc1c(Cl)cc(C(O)CNCCCCCCCc2ccccc2CC(=O)O)cc1Cl. The molecule has 0 aliphatic heterocycles. The highest BCUT2D eigenvalue weighted by Crippen LogP contribution is 2.31. The molecule has 0 bridgehead atoms. The lowest BCUT2D eigenvalue weighted by molar-refractivity contribution is -0.136. The number of anilines is 1. The van der Waals surface area contributed by atoms with Crippen LogP contribution in [0.25, 0.3) is 0 Å². The Balaban J connectivity index is 1.57. The number of carbonyl (C=O) groups is 1. The van der Waals surface area contributed by atoms with Crippen molar-refractivity contribution in [2.75, 3.05) is 18.8 Å². The van der Waals surface area contributed by atoms with E-state index in [0.717, 1.165) is 56.2 Å². The van der Waals surface area contributed by atoms with Crippen molar-refractivity contribution in [2.24, 2.45) is 0 Å². The first-order valence-electron chi connectivity index (χ1n) is 10.3. The van der Waals surface area contributed by atoms with E-state index in [1.165, 1.54) is 0 Å². The summed E-state index contributed by atoms with van der Waals surface area (Å²) in [5.41, 5.74) is 8.74. The maximum atomic E-state index is 10.9. The van der Waals surface area contributed by atoms with Crippen molar-refractivity contribution in [2.45, 2.75) is 51.0 Å². The van der Waals surface area contributed by atoms with Crippen molar-refractivity contribution < 1.29 is 15.0 Å². The Bertz CT molecular complexity index is 807. The molecular formula is C23H30Cl2N2O3. The van der Waals surface area contributed by atoms with E-state index in [1.54, 1.807) is 12.1 Å². The van der Waals surface area contributed by atoms with Gasteiger partial charge in [0.05, 0.1) is 28.3 Å². The number of nitrogens with two attached hydrogens (primary N) is 1. The van der Waals surface area contributed by atoms with E-state index in [0.29, 0.717) is 27.8 Å². The minimum absolute atomic E-state index is 0.0858. The van der Waals surface area contributed by atoms with Crippen molar-refractivity contribution in [1.82, 2.24) is 5.32 Å². The van der Waals surface area contributed by atoms with Gasteiger partial charge in [0.25, 0.3) is 0 Å². The molecule has 2 aromatic rings. The van der Waals surface area contributed by atoms with E-state index < -0.39 is 12.1 Å². The highest BCUT2D eigenvalue weighted by atomic mass is 35.5. The Hall–Kier alpha value is -1.79. The van der Waals surface area contributed by atoms with E-state index in [2.05, 4.69) is 5.32 Å². The fraction of sp³-hybridized carbons (Fsp3) is 0.435. The number of nitrogen functional groups attached to an aromatic ring is 1. The van der Waals surface area contributed by atoms with Crippen LogP contribution in [0.1, 0.15) is 54.9 Å². The fourth-order valence-corrected chi connectivity index (χ4v) is 3.89. The van der Waals surface area contributed by atoms with Crippen LogP contribution in [0.5, 0.6) is 0 Å². The molecule has 0 aliphatic carbocycles. The van der Waals surface area contributed by atoms with Crippen LogP contribution in [-0.2, 0) is 17.6 Å². The minimum atomic E-state index is -0.789. The number of hydrogen-bond acceptors (Lipinski definition) is 4. The molecule has 1 unspecified atom stereocenters. The zero-order valence-electron chi connectivity index (χ0n) is 17.0. The van der Waals surface area contributed by atoms with Gasteiger partial charge in [-0.2, -0.15) is 0 Å². The number of carboxylic acids is 1. The summed E-state index contributed by atoms with van der Waals surface area (Å²) in [6.07, 6.45) is 5.77. The number of aryl methyl sites for hydroxylation is 1. The largest absolute Gasteiger partial charge is 0.481 e. The van der Waals surface area contributed by atoms with Crippen LogP contribution in [0, 0.1) is 0 Å². The summed E-state index contributed by atoms with van der Waals surface area (Å²) in [5.74, 6) is -0.789. The average molecular weight is 453 g/mol. The minimum Gasteiger partial charge on any atom is -0.481 e. The fourth-order valence-electron chi connectivity index (χ4n) is 3.39. The van der Waals surface area contributed by atoms with E-state index >= 15 is 0 Å². The number of benzene rings is 2. The van der Waals surface area contributed by atoms with Gasteiger partial charge in [-0.1, -0.05) is 66.7 Å². The number of nitrogens with one attached hydrogen (secondary N) is 1. The van der Waals surface area contributed by atoms with Gasteiger partial charge in [0.2, 0.25) is 0 Å². The molecule has 5 nitrogen and oxygen atoms in total. The van der Waals surface area contributed by atoms with E-state index in [-0.39, 0.29) is 6.42 Å². The summed E-state index contributed by atoms with van der Waals surface area (Å²) in [5, 5.41) is 23.2. The molecule has 0 radical (unpaired) electrons. The lowest BCUT2D eigenvalue weighted by atomic mass is 9.99. The number of halogens is 2. The maximum Gasteiger partial charge on any atom is 0.307 e. The predicted molar refractivity (Wildman–Crippen MR) is 123 cm³/mol. The van der Waals surface area contributed by atoms with Crippen LogP contribution in [0.2, 0.25) is 10.0 Å². The van der Waals surface area contributed by atoms with Gasteiger partial charge in [0, 0.05) is 6.54 Å². The number of aliphatic hydroxyl groups excluding tert-OH is 1. The van der Waals surface area contributed by atoms with Crippen LogP contribution in [-0.4, -0.2) is 29.3 Å². The molecule has 0 aromatic heterocycles. The molecule has 0 amide bonds. The molecule has 164 valence electrons. The average Bonchev–Trinajstić information content (AvgIpc) is 2.71. The first kappa shape index (κ1) is 24.5. The maximum absolute atomic E-state index is 10.9. The summed E-state index contributed by atoms with van der Waals surface area (Å²) in [6, 6.07) is 11.1. The Morgan fingerprint density at radius 3 is 2.27 bits per heavy atom. The number of unbranched alkanes of at least 4 members (excludes halogenated alkanes) is 4. The standard InChI is InChI=1S/C23H30Cl2N2O3/c24-19-12-18(13-20(25)23(19)26)21(28)15-27-11-7-3-1-2-4-8-16-9-5-6-10-17(16)14-22(29)30/h5-6,9-10,12-13,21,27-28H,1-4,7-8,11,14-15,26H2,(H,29,30). The van der Waals surface area contributed by atoms with Crippen molar-refractivity contribution in [3.8, 4) is 0 Å². The Morgan fingerprint density at radius 2 is 1.60 bits per heavy atom. The van der Waals surface area contributed by atoms with Gasteiger partial charge in [-0.3, -0.25) is 4.79 Å². The third-order valence-corrected chi connectivity index (χ3v) is 5.71. The normalized spacial score (nSPS) is 12.1. The molecule has 0 saturated carbocycles. The quantitative estimate of drug-likeness (QED) is 0.252. The van der Waals surface area contributed by atoms with E-state index in [4.69, 9.17) is 34.0 Å². The second-order valence-corrected chi connectivity index (χ2v) is 8.29. The van der Waals surface area contributed by atoms with E-state index in [1.807, 2.05) is 24.3 Å². The molecular weight excluding hydrogens is 423 g/mol. The van der Waals surface area contributed by atoms with Gasteiger partial charge in [0.1, 0.15) is 0 Å². The zero-order valence-corrected chi connectivity index (χ0v) is 18.6. The molecule has 1 atom stereocenters. The topological polar surface area (TPSA) is 95.6 Å². The first-order chi connectivity index (χ1) is 14.4. The second-order valence-electron chi connectivity index (χ2n) is 7.48. The molecule has 30 heavy (non-hydrogen) atoms. The van der Waals surface area contributed by atoms with Gasteiger partial charge in [-0.25, -0.2) is 0 Å². The van der Waals surface area contributed by atoms with Crippen LogP contribution < -0.4 is 11.1 Å². The molecule has 5 N–H and O–H groups in total. The summed E-state index contributed by atoms with van der Waals surface area (Å²) < 4.78 is 0. The second kappa shape index (κ2) is 12.8. The summed E-state index contributed by atoms with van der Waals surface area (Å²) in [6.45, 7) is 1.26. The smallest absolute Gasteiger partial charge is 0.307 e. The number of aliphatic carboxylic acids is 1. The van der Waals surface area contributed by atoms with Crippen molar-refractivity contribution in [3.63, 3.8) is 0 Å². The molecule has 7 heteroatoms. The Kier molecular flexibility index (Phi) is 10.4. The molecule has 2 aromatic carbocycles. The van der Waals surface area contributed by atoms with Crippen LogP contribution in [0.15, 0.2) is 36.4 Å². The third-order valence-electron chi connectivity index (χ3n) is 5.08. The lowest BCUT2D eigenvalue weighted by Crippen LogP contribution is -2.22. The van der Waals surface area contributed by atoms with Gasteiger partial charge in [-0.15, -0.1) is 0 Å². The summed E-state index contributed by atoms with van der Waals surface area (Å²) in [4.78, 5) is 10.9. The highest BCUT2D eigenvalue weighted by molar-refractivity contribution is 6.38. The number of rotatable bonds is 13. The molecule has 0 fully saturated rings. The van der Waals surface area contributed by atoms with Gasteiger partial charge in [-0.05, 0) is 54.6 Å². The van der Waals surface area contributed by atoms with Crippen LogP contribution >= 0.6 is 23.2 Å². The highest BCUT2D eigenvalue weighted by Gasteiger charge is 2.12. The van der Waals surface area contributed by atoms with Crippen molar-refractivity contribution in [1.29, 1.82) is 0 Å². The van der Waals surface area contributed by atoms with Gasteiger partial charge < -0.3 is 21.3 Å². The zero-order chi connectivity index (χ0) is 21.9. The first-order valence-corrected chi connectivity index (χ1v) is 11.1. The molecule has 0 spiro atoms. The molecule has 2 rings (SSSR count). The van der Waals surface area contributed by atoms with Gasteiger partial charge >= 0.3 is 5.97 Å². The predicted octanol–water partition coefficient (Wildman–Crippen LogP) is 5.02. The molecule has 0 heterocycles. The number of carboxylic acid groups (broad SMARTS) is 1. The summed E-state index contributed by atoms with van der Waals surface area (Å²) >= 11 is 12.0. The van der Waals surface area contributed by atoms with Gasteiger partial charge in [0.15, 0.2) is 0 Å². The number of hydrogen-bond donors (Lipinski definition) is 4.